The minimum absolute atomic E-state index is 0.0216. The summed E-state index contributed by atoms with van der Waals surface area (Å²) in [5.41, 5.74) is 8.23. The number of hydrogen-bond donors (Lipinski definition) is 9. The van der Waals surface area contributed by atoms with Crippen LogP contribution in [0.2, 0.25) is 0 Å². The molecule has 63 heavy (non-hydrogen) atoms. The first-order valence-corrected chi connectivity index (χ1v) is 23.5. The number of phosphoric ester groups is 1. The summed E-state index contributed by atoms with van der Waals surface area (Å²) < 4.78 is 82.3. The number of aromatic nitrogens is 11. The molecule has 346 valence electrons. The maximum Gasteiger partial charge on any atom is 0.313 e. The number of ether oxygens (including phenoxy) is 2. The van der Waals surface area contributed by atoms with Crippen LogP contribution in [0, 0.1) is 0 Å². The summed E-state index contributed by atoms with van der Waals surface area (Å²) in [4.78, 5) is 90.7. The van der Waals surface area contributed by atoms with E-state index < -0.39 is 123 Å². The predicted octanol–water partition coefficient (Wildman–Crippen LogP) is -8.38. The van der Waals surface area contributed by atoms with Gasteiger partial charge in [-0.2, -0.15) is 4.98 Å². The molecule has 2 aliphatic rings. The van der Waals surface area contributed by atoms with Crippen LogP contribution < -0.4 is 57.2 Å². The van der Waals surface area contributed by atoms with Crippen molar-refractivity contribution in [3.05, 3.63) is 39.6 Å². The maximum atomic E-state index is 12.7. The fourth-order valence-corrected chi connectivity index (χ4v) is 10.8. The molecule has 6 unspecified atom stereocenters. The van der Waals surface area contributed by atoms with E-state index in [9.17, 15) is 67.8 Å². The lowest BCUT2D eigenvalue weighted by Gasteiger charge is -2.34. The SMILES string of the molecule is Cn1c[n+]([C@@H]2O[C@H](COP(=O)([O-])OP(=O)([O-])OP(=O)([O-])c3cn(CCNP(=O)([O-])OC[C@H]4O[C@@H](n5cnc6c(=O)[nH]c(N)nc65)[C@@H](O)C4O)nn3)C(O)[C@@H]2O)c2nc(N)[nH]c(=O)c21. The Bertz CT molecular complexity index is 2850. The molecule has 0 radical (unpaired) electrons. The number of aliphatic hydroxyl groups excluding tert-OH is 4. The Hall–Kier alpha value is -4.24. The Morgan fingerprint density at radius 1 is 0.889 bits per heavy atom. The molecule has 12 atom stereocenters. The van der Waals surface area contributed by atoms with Crippen molar-refractivity contribution in [2.24, 2.45) is 7.05 Å². The third-order valence-corrected chi connectivity index (χ3v) is 14.7. The van der Waals surface area contributed by atoms with Gasteiger partial charge in [0.2, 0.25) is 25.4 Å². The third-order valence-electron chi connectivity index (χ3n) is 9.13. The molecule has 7 heterocycles. The maximum absolute atomic E-state index is 12.7. The molecule has 2 aliphatic heterocycles. The summed E-state index contributed by atoms with van der Waals surface area (Å²) in [6, 6.07) is 0. The summed E-state index contributed by atoms with van der Waals surface area (Å²) in [7, 11) is -21.8. The first-order chi connectivity index (χ1) is 29.3. The van der Waals surface area contributed by atoms with Gasteiger partial charge in [-0.1, -0.05) is 10.2 Å². The standard InChI is InChI=1S/C25H36N14O20P4/c1-36-8-39(19-13(36)21(45)33-25(27)31-19)23-17(43)15(41)10(57-23)6-55-62(50,51)59-63(52,53)58-60(46,47)11-4-37(35-34-11)3-2-29-61(48,49)54-5-9-14(40)16(42)22(56-9)38-7-28-12-18(38)30-24(26)32-20(12)44/h4,7-10,14-17,22-23,40-43H,2-3,5-6H2,1H3,(H10-,26,27,29,30,31,32,33,44,45,46,47,48,49,50,51,52,53)/p-3/t9-,10-,14?,15?,16+,17+,22-,23-/m1/s1. The van der Waals surface area contributed by atoms with Crippen LogP contribution in [0.25, 0.3) is 22.3 Å². The Kier molecular flexibility index (Phi) is 12.8. The second-order valence-electron chi connectivity index (χ2n) is 13.5. The van der Waals surface area contributed by atoms with E-state index in [1.54, 1.807) is 0 Å². The van der Waals surface area contributed by atoms with Crippen LogP contribution in [-0.4, -0.2) is 126 Å². The number of nitrogens with one attached hydrogen (secondary N) is 3. The second-order valence-corrected chi connectivity index (χ2v) is 19.9. The number of imidazole rings is 2. The van der Waals surface area contributed by atoms with Gasteiger partial charge in [-0.3, -0.25) is 56.5 Å². The molecule has 0 aliphatic carbocycles. The van der Waals surface area contributed by atoms with Crippen LogP contribution >= 0.6 is 31.0 Å². The number of aromatic amines is 2. The number of aliphatic hydroxyl groups is 4. The van der Waals surface area contributed by atoms with Gasteiger partial charge in [0.05, 0.1) is 39.3 Å². The molecular weight excluding hydrogens is 940 g/mol. The zero-order chi connectivity index (χ0) is 46.0. The van der Waals surface area contributed by atoms with Crippen LogP contribution in [0.5, 0.6) is 0 Å². The Morgan fingerprint density at radius 3 is 2.27 bits per heavy atom. The Balaban J connectivity index is 0.882. The normalized spacial score (nSPS) is 28.0. The highest BCUT2D eigenvalue weighted by atomic mass is 31.3. The van der Waals surface area contributed by atoms with Crippen molar-refractivity contribution in [3.8, 4) is 0 Å². The van der Waals surface area contributed by atoms with Gasteiger partial charge in [-0.05, 0) is 0 Å². The fraction of sp³-hybridized carbons (Fsp3) is 0.520. The molecule has 0 aromatic carbocycles. The monoisotopic (exact) mass is 973 g/mol. The van der Waals surface area contributed by atoms with E-state index in [4.69, 9.17) is 25.5 Å². The molecule has 7 rings (SSSR count). The van der Waals surface area contributed by atoms with E-state index in [1.807, 2.05) is 5.09 Å². The molecule has 11 N–H and O–H groups in total. The second kappa shape index (κ2) is 17.3. The summed E-state index contributed by atoms with van der Waals surface area (Å²) in [6.07, 6.45) is -10.2. The quantitative estimate of drug-likeness (QED) is 0.0309. The zero-order valence-corrected chi connectivity index (χ0v) is 35.0. The average molecular weight is 974 g/mol. The smallest absolute Gasteiger partial charge is 0.313 e. The molecule has 0 spiro atoms. The molecule has 2 fully saturated rings. The van der Waals surface area contributed by atoms with Crippen molar-refractivity contribution in [1.82, 2.24) is 54.1 Å². The van der Waals surface area contributed by atoms with Crippen molar-refractivity contribution >= 4 is 70.6 Å². The predicted molar refractivity (Wildman–Crippen MR) is 193 cm³/mol. The van der Waals surface area contributed by atoms with Crippen LogP contribution in [0.15, 0.2) is 28.4 Å². The fourth-order valence-electron chi connectivity index (χ4n) is 6.32. The molecule has 2 saturated heterocycles. The van der Waals surface area contributed by atoms with Crippen molar-refractivity contribution in [1.29, 1.82) is 0 Å². The number of hydrogen-bond acceptors (Lipinski definition) is 27. The number of aryl methyl sites for hydroxylation is 1. The van der Waals surface area contributed by atoms with Gasteiger partial charge >= 0.3 is 5.65 Å². The summed E-state index contributed by atoms with van der Waals surface area (Å²) in [5.74, 6) is -0.590. The number of H-pyrrole nitrogens is 2. The lowest BCUT2D eigenvalue weighted by Crippen LogP contribution is -2.46. The van der Waals surface area contributed by atoms with Gasteiger partial charge in [-0.15, -0.1) is 5.10 Å². The Labute approximate surface area is 347 Å². The van der Waals surface area contributed by atoms with E-state index in [1.165, 1.54) is 17.9 Å². The highest BCUT2D eigenvalue weighted by Gasteiger charge is 2.48. The van der Waals surface area contributed by atoms with Crippen LogP contribution in [0.3, 0.4) is 0 Å². The van der Waals surface area contributed by atoms with Gasteiger partial charge in [0.25, 0.3) is 32.7 Å². The van der Waals surface area contributed by atoms with Crippen LogP contribution in [0.4, 0.5) is 11.9 Å². The molecule has 38 heteroatoms. The van der Waals surface area contributed by atoms with Gasteiger partial charge in [0.15, 0.2) is 36.7 Å². The van der Waals surface area contributed by atoms with E-state index in [2.05, 4.69) is 48.4 Å². The number of nitrogen functional groups attached to an aromatic ring is 2. The number of nitrogens with two attached hydrogens (primary N) is 2. The molecule has 0 amide bonds. The summed E-state index contributed by atoms with van der Waals surface area (Å²) in [6.45, 7) is -3.07. The first-order valence-electron chi connectivity index (χ1n) is 17.5. The lowest BCUT2D eigenvalue weighted by molar-refractivity contribution is -0.745. The average Bonchev–Trinajstić information content (AvgIpc) is 3.99. The van der Waals surface area contributed by atoms with Crippen molar-refractivity contribution in [2.75, 3.05) is 31.2 Å². The van der Waals surface area contributed by atoms with Crippen molar-refractivity contribution in [3.63, 3.8) is 0 Å². The van der Waals surface area contributed by atoms with Gasteiger partial charge in [-0.25, -0.2) is 13.9 Å². The topological polar surface area (TPSA) is 510 Å². The van der Waals surface area contributed by atoms with Gasteiger partial charge < -0.3 is 74.6 Å². The lowest BCUT2D eigenvalue weighted by atomic mass is 10.1. The minimum atomic E-state index is -6.37. The molecule has 34 nitrogen and oxygen atoms in total. The number of rotatable bonds is 17. The number of anilines is 2. The highest BCUT2D eigenvalue weighted by Crippen LogP contribution is 2.62. The first kappa shape index (κ1) is 46.7. The molecular formula is C25H33N14O20P4-3. The number of nitrogens with zero attached hydrogens (tertiary/aromatic N) is 9. The van der Waals surface area contributed by atoms with Crippen LogP contribution in [0.1, 0.15) is 12.5 Å². The van der Waals surface area contributed by atoms with Gasteiger partial charge in [0, 0.05) is 6.54 Å². The van der Waals surface area contributed by atoms with E-state index in [0.29, 0.717) is 10.9 Å². The number of phosphoric acid groups is 2. The molecule has 5 aromatic heterocycles. The van der Waals surface area contributed by atoms with E-state index in [0.717, 1.165) is 15.5 Å². The van der Waals surface area contributed by atoms with Gasteiger partial charge in [0.1, 0.15) is 36.6 Å². The molecule has 0 bridgehead atoms. The number of fused-ring (bicyclic) bond motifs is 2. The van der Waals surface area contributed by atoms with E-state index >= 15 is 0 Å². The largest absolute Gasteiger partial charge is 0.774 e. The van der Waals surface area contributed by atoms with Crippen LogP contribution in [-0.2, 0) is 59.0 Å². The minimum Gasteiger partial charge on any atom is -0.774 e. The molecule has 0 saturated carbocycles. The molecule has 5 aromatic rings. The third kappa shape index (κ3) is 9.89. The van der Waals surface area contributed by atoms with Crippen molar-refractivity contribution in [2.45, 2.75) is 55.6 Å². The summed E-state index contributed by atoms with van der Waals surface area (Å²) >= 11 is 0. The summed E-state index contributed by atoms with van der Waals surface area (Å²) in [5, 5.41) is 50.8. The van der Waals surface area contributed by atoms with Crippen molar-refractivity contribution < 1.29 is 90.0 Å². The highest BCUT2D eigenvalue weighted by molar-refractivity contribution is 7.70. The zero-order valence-electron chi connectivity index (χ0n) is 31.5. The van der Waals surface area contributed by atoms with E-state index in [-0.39, 0.29) is 34.2 Å². The Morgan fingerprint density at radius 2 is 1.54 bits per heavy atom.